The van der Waals surface area contributed by atoms with Gasteiger partial charge in [0.15, 0.2) is 6.61 Å². The topological polar surface area (TPSA) is 50.1 Å². The molecule has 0 saturated carbocycles. The van der Waals surface area contributed by atoms with E-state index in [-0.39, 0.29) is 12.6 Å². The highest BCUT2D eigenvalue weighted by molar-refractivity contribution is 5.69. The average molecular weight is 380 g/mol. The van der Waals surface area contributed by atoms with Gasteiger partial charge in [-0.15, -0.1) is 0 Å². The Morgan fingerprint density at radius 2 is 0.963 bits per heavy atom. The second-order valence-corrected chi connectivity index (χ2v) is 7.93. The number of ether oxygens (including phenoxy) is 1. The van der Waals surface area contributed by atoms with Crippen molar-refractivity contribution in [2.24, 2.45) is 0 Å². The number of nitrogens with zero attached hydrogens (tertiary/aromatic N) is 1. The Kier molecular flexibility index (Phi) is 22.1. The number of nitriles is 1. The Hall–Kier alpha value is -1.04. The first-order valence-electron chi connectivity index (χ1n) is 11.8. The third kappa shape index (κ3) is 22.9. The predicted octanol–water partition coefficient (Wildman–Crippen LogP) is 7.88. The molecule has 3 heteroatoms. The molecule has 0 aliphatic carbocycles. The van der Waals surface area contributed by atoms with E-state index in [1.165, 1.54) is 109 Å². The Morgan fingerprint density at radius 1 is 0.630 bits per heavy atom. The quantitative estimate of drug-likeness (QED) is 0.150. The monoisotopic (exact) mass is 379 g/mol. The van der Waals surface area contributed by atoms with Gasteiger partial charge in [0, 0.05) is 6.42 Å². The van der Waals surface area contributed by atoms with Crippen LogP contribution >= 0.6 is 0 Å². The molecule has 0 saturated heterocycles. The second kappa shape index (κ2) is 23.0. The van der Waals surface area contributed by atoms with Crippen molar-refractivity contribution in [2.75, 3.05) is 6.61 Å². The fraction of sp³-hybridized carbons (Fsp3) is 0.917. The zero-order valence-corrected chi connectivity index (χ0v) is 18.1. The number of hydrogen-bond donors (Lipinski definition) is 0. The Balaban J connectivity index is 3.05. The van der Waals surface area contributed by atoms with Crippen molar-refractivity contribution in [3.63, 3.8) is 0 Å². The van der Waals surface area contributed by atoms with Crippen molar-refractivity contribution in [3.05, 3.63) is 0 Å². The first kappa shape index (κ1) is 26.0. The molecule has 0 fully saturated rings. The molecule has 0 aromatic carbocycles. The molecule has 0 aromatic rings. The lowest BCUT2D eigenvalue weighted by Crippen LogP contribution is -2.03. The average Bonchev–Trinajstić information content (AvgIpc) is 2.68. The lowest BCUT2D eigenvalue weighted by molar-refractivity contribution is -0.142. The van der Waals surface area contributed by atoms with E-state index in [2.05, 4.69) is 6.92 Å². The van der Waals surface area contributed by atoms with E-state index < -0.39 is 0 Å². The molecule has 158 valence electrons. The van der Waals surface area contributed by atoms with E-state index in [9.17, 15) is 4.79 Å². The summed E-state index contributed by atoms with van der Waals surface area (Å²) in [6, 6.07) is 1.82. The molecule has 0 aliphatic heterocycles. The number of carbonyl (C=O) groups is 1. The Labute approximate surface area is 169 Å². The number of unbranched alkanes of at least 4 members (excludes halogenated alkanes) is 18. The maximum absolute atomic E-state index is 11.2. The normalized spacial score (nSPS) is 10.7. The standard InChI is InChI=1S/C24H45NO2/c1-2-3-4-5-6-7-8-9-10-11-12-13-14-15-16-17-18-19-20-21-24(26)27-23-22-25/h2-21,23H2,1H3. The van der Waals surface area contributed by atoms with E-state index in [1.807, 2.05) is 6.07 Å². The first-order chi connectivity index (χ1) is 13.3. The molecule has 0 radical (unpaired) electrons. The predicted molar refractivity (Wildman–Crippen MR) is 115 cm³/mol. The van der Waals surface area contributed by atoms with Crippen molar-refractivity contribution in [2.45, 2.75) is 135 Å². The van der Waals surface area contributed by atoms with E-state index in [0.717, 1.165) is 12.8 Å². The van der Waals surface area contributed by atoms with Crippen LogP contribution in [0.4, 0.5) is 0 Å². The van der Waals surface area contributed by atoms with Crippen LogP contribution in [0, 0.1) is 11.3 Å². The smallest absolute Gasteiger partial charge is 0.306 e. The van der Waals surface area contributed by atoms with Crippen LogP contribution in [0.5, 0.6) is 0 Å². The van der Waals surface area contributed by atoms with Crippen LogP contribution in [0.3, 0.4) is 0 Å². The van der Waals surface area contributed by atoms with Gasteiger partial charge in [-0.1, -0.05) is 122 Å². The fourth-order valence-corrected chi connectivity index (χ4v) is 3.53. The molecule has 0 heterocycles. The molecule has 0 spiro atoms. The lowest BCUT2D eigenvalue weighted by Gasteiger charge is -2.04. The molecule has 27 heavy (non-hydrogen) atoms. The molecule has 0 atom stereocenters. The number of hydrogen-bond acceptors (Lipinski definition) is 3. The Morgan fingerprint density at radius 3 is 1.30 bits per heavy atom. The summed E-state index contributed by atoms with van der Waals surface area (Å²) in [5, 5.41) is 8.32. The highest BCUT2D eigenvalue weighted by Crippen LogP contribution is 2.14. The van der Waals surface area contributed by atoms with Crippen molar-refractivity contribution in [1.29, 1.82) is 5.26 Å². The second-order valence-electron chi connectivity index (χ2n) is 7.93. The third-order valence-electron chi connectivity index (χ3n) is 5.28. The van der Waals surface area contributed by atoms with Crippen LogP contribution in [-0.2, 0) is 9.53 Å². The number of rotatable bonds is 21. The third-order valence-corrected chi connectivity index (χ3v) is 5.28. The highest BCUT2D eigenvalue weighted by atomic mass is 16.5. The van der Waals surface area contributed by atoms with Crippen LogP contribution in [0.2, 0.25) is 0 Å². The van der Waals surface area contributed by atoms with Gasteiger partial charge in [-0.2, -0.15) is 5.26 Å². The van der Waals surface area contributed by atoms with Gasteiger partial charge in [-0.3, -0.25) is 4.79 Å². The van der Waals surface area contributed by atoms with Gasteiger partial charge >= 0.3 is 5.97 Å². The minimum atomic E-state index is -0.233. The summed E-state index contributed by atoms with van der Waals surface area (Å²) in [5.41, 5.74) is 0. The summed E-state index contributed by atoms with van der Waals surface area (Å²) >= 11 is 0. The van der Waals surface area contributed by atoms with E-state index in [4.69, 9.17) is 10.00 Å². The molecule has 0 N–H and O–H groups in total. The molecule has 0 unspecified atom stereocenters. The molecule has 0 bridgehead atoms. The SMILES string of the molecule is CCCCCCCCCCCCCCCCCCCCCC(=O)OCC#N. The number of esters is 1. The highest BCUT2D eigenvalue weighted by Gasteiger charge is 2.01. The Bertz CT molecular complexity index is 349. The number of carbonyl (C=O) groups excluding carboxylic acids is 1. The summed E-state index contributed by atoms with van der Waals surface area (Å²) in [7, 11) is 0. The van der Waals surface area contributed by atoms with Gasteiger partial charge in [-0.25, -0.2) is 0 Å². The van der Waals surface area contributed by atoms with Gasteiger partial charge in [-0.05, 0) is 6.42 Å². The summed E-state index contributed by atoms with van der Waals surface area (Å²) in [5.74, 6) is -0.233. The van der Waals surface area contributed by atoms with Crippen LogP contribution in [-0.4, -0.2) is 12.6 Å². The van der Waals surface area contributed by atoms with Gasteiger partial charge in [0.2, 0.25) is 0 Å². The fourth-order valence-electron chi connectivity index (χ4n) is 3.53. The van der Waals surface area contributed by atoms with Crippen LogP contribution in [0.1, 0.15) is 135 Å². The van der Waals surface area contributed by atoms with Gasteiger partial charge in [0.25, 0.3) is 0 Å². The molecular formula is C24H45NO2. The van der Waals surface area contributed by atoms with Crippen LogP contribution < -0.4 is 0 Å². The van der Waals surface area contributed by atoms with Gasteiger partial charge in [0.05, 0.1) is 0 Å². The summed E-state index contributed by atoms with van der Waals surface area (Å²) in [6.07, 6.45) is 26.2. The lowest BCUT2D eigenvalue weighted by atomic mass is 10.0. The van der Waals surface area contributed by atoms with Crippen molar-refractivity contribution in [1.82, 2.24) is 0 Å². The van der Waals surface area contributed by atoms with Crippen molar-refractivity contribution < 1.29 is 9.53 Å². The summed E-state index contributed by atoms with van der Waals surface area (Å²) in [4.78, 5) is 11.2. The molecular weight excluding hydrogens is 334 g/mol. The molecule has 0 aliphatic rings. The van der Waals surface area contributed by atoms with Crippen LogP contribution in [0.15, 0.2) is 0 Å². The maximum atomic E-state index is 11.2. The summed E-state index contributed by atoms with van der Waals surface area (Å²) in [6.45, 7) is 2.17. The van der Waals surface area contributed by atoms with E-state index >= 15 is 0 Å². The van der Waals surface area contributed by atoms with Gasteiger partial charge < -0.3 is 4.74 Å². The molecule has 0 amide bonds. The van der Waals surface area contributed by atoms with Crippen LogP contribution in [0.25, 0.3) is 0 Å². The summed E-state index contributed by atoms with van der Waals surface area (Å²) < 4.78 is 4.73. The largest absolute Gasteiger partial charge is 0.450 e. The van der Waals surface area contributed by atoms with E-state index in [1.54, 1.807) is 0 Å². The molecule has 3 nitrogen and oxygen atoms in total. The van der Waals surface area contributed by atoms with Gasteiger partial charge in [0.1, 0.15) is 6.07 Å². The van der Waals surface area contributed by atoms with Crippen molar-refractivity contribution >= 4 is 5.97 Å². The zero-order chi connectivity index (χ0) is 19.8. The minimum absolute atomic E-state index is 0.113. The first-order valence-corrected chi connectivity index (χ1v) is 11.8. The maximum Gasteiger partial charge on any atom is 0.306 e. The van der Waals surface area contributed by atoms with Crippen molar-refractivity contribution in [3.8, 4) is 6.07 Å². The minimum Gasteiger partial charge on any atom is -0.450 e. The molecule has 0 rings (SSSR count). The molecule has 0 aromatic heterocycles. The zero-order valence-electron chi connectivity index (χ0n) is 18.1. The van der Waals surface area contributed by atoms with E-state index in [0.29, 0.717) is 6.42 Å².